The third-order valence-corrected chi connectivity index (χ3v) is 8.81. The Morgan fingerprint density at radius 2 is 1.68 bits per heavy atom. The Balaban J connectivity index is 1.49. The third kappa shape index (κ3) is 2.34. The van der Waals surface area contributed by atoms with Gasteiger partial charge in [0.25, 0.3) is 0 Å². The van der Waals surface area contributed by atoms with Crippen molar-refractivity contribution in [1.82, 2.24) is 4.57 Å². The molecule has 2 bridgehead atoms. The van der Waals surface area contributed by atoms with Gasteiger partial charge in [-0.15, -0.1) is 0 Å². The Morgan fingerprint density at radius 3 is 2.48 bits per heavy atom. The Morgan fingerprint density at radius 1 is 0.871 bits per heavy atom. The molecule has 31 heavy (non-hydrogen) atoms. The summed E-state index contributed by atoms with van der Waals surface area (Å²) in [7, 11) is 2.17. The molecule has 2 nitrogen and oxygen atoms in total. The molecule has 2 atom stereocenters. The summed E-state index contributed by atoms with van der Waals surface area (Å²) in [5.41, 5.74) is 6.45. The number of aromatic nitrogens is 1. The van der Waals surface area contributed by atoms with Crippen molar-refractivity contribution in [3.05, 3.63) is 60.2 Å². The molecular weight excluding hydrogens is 378 g/mol. The maximum Gasteiger partial charge on any atom is 0.136 e. The summed E-state index contributed by atoms with van der Waals surface area (Å²) in [5, 5.41) is 5.16. The summed E-state index contributed by atoms with van der Waals surface area (Å²) in [4.78, 5) is 0. The second-order valence-electron chi connectivity index (χ2n) is 10.3. The normalized spacial score (nSPS) is 26.0. The number of hydrogen-bond donors (Lipinski definition) is 0. The van der Waals surface area contributed by atoms with Gasteiger partial charge in [0, 0.05) is 39.6 Å². The van der Waals surface area contributed by atoms with E-state index in [1.807, 2.05) is 0 Å². The summed E-state index contributed by atoms with van der Waals surface area (Å²) in [6, 6.07) is 20.3. The summed E-state index contributed by atoms with van der Waals surface area (Å²) in [6.07, 6.45) is 8.31. The van der Waals surface area contributed by atoms with Crippen LogP contribution in [-0.2, 0) is 12.5 Å². The first-order chi connectivity index (χ1) is 15.2. The average molecular weight is 408 g/mol. The van der Waals surface area contributed by atoms with E-state index < -0.39 is 0 Å². The third-order valence-electron chi connectivity index (χ3n) is 8.81. The zero-order valence-electron chi connectivity index (χ0n) is 18.4. The molecule has 156 valence electrons. The van der Waals surface area contributed by atoms with Crippen LogP contribution in [-0.4, -0.2) is 4.57 Å². The van der Waals surface area contributed by atoms with Crippen molar-refractivity contribution in [1.29, 1.82) is 0 Å². The smallest absolute Gasteiger partial charge is 0.136 e. The van der Waals surface area contributed by atoms with E-state index in [1.54, 1.807) is 0 Å². The molecule has 0 amide bonds. The molecule has 5 aromatic rings. The number of furan rings is 1. The van der Waals surface area contributed by atoms with Crippen molar-refractivity contribution in [2.45, 2.75) is 50.9 Å². The van der Waals surface area contributed by atoms with Gasteiger partial charge in [-0.2, -0.15) is 0 Å². The van der Waals surface area contributed by atoms with Gasteiger partial charge < -0.3 is 8.98 Å². The van der Waals surface area contributed by atoms with Crippen LogP contribution in [0.1, 0.15) is 51.0 Å². The predicted molar refractivity (Wildman–Crippen MR) is 130 cm³/mol. The maximum atomic E-state index is 6.50. The zero-order chi connectivity index (χ0) is 20.7. The van der Waals surface area contributed by atoms with Gasteiger partial charge in [0.05, 0.1) is 0 Å². The lowest BCUT2D eigenvalue weighted by molar-refractivity contribution is 0.207. The number of para-hydroxylation sites is 1. The fraction of sp³-hybridized carbons (Fsp3) is 0.379. The quantitative estimate of drug-likeness (QED) is 0.289. The van der Waals surface area contributed by atoms with Gasteiger partial charge >= 0.3 is 0 Å². The monoisotopic (exact) mass is 407 g/mol. The highest BCUT2D eigenvalue weighted by Gasteiger charge is 2.43. The molecule has 2 unspecified atom stereocenters. The molecular formula is C29H29NO. The summed E-state index contributed by atoms with van der Waals surface area (Å²) < 4.78 is 8.81. The lowest BCUT2D eigenvalue weighted by Crippen LogP contribution is -2.33. The van der Waals surface area contributed by atoms with E-state index in [0.717, 1.165) is 23.0 Å². The molecule has 2 heteroatoms. The number of hydrogen-bond acceptors (Lipinski definition) is 1. The van der Waals surface area contributed by atoms with Crippen molar-refractivity contribution >= 4 is 43.7 Å². The number of aryl methyl sites for hydroxylation is 1. The minimum Gasteiger partial charge on any atom is -0.456 e. The van der Waals surface area contributed by atoms with E-state index in [1.165, 1.54) is 76.7 Å². The lowest BCUT2D eigenvalue weighted by atomic mass is 9.64. The molecule has 3 aromatic carbocycles. The van der Waals surface area contributed by atoms with Crippen LogP contribution in [0.3, 0.4) is 0 Å². The Bertz CT molecular complexity index is 1470. The molecule has 2 saturated carbocycles. The molecule has 0 saturated heterocycles. The summed E-state index contributed by atoms with van der Waals surface area (Å²) >= 11 is 0. The van der Waals surface area contributed by atoms with Crippen molar-refractivity contribution in [3.63, 3.8) is 0 Å². The molecule has 0 N–H and O–H groups in total. The summed E-state index contributed by atoms with van der Waals surface area (Å²) in [5.74, 6) is 1.86. The highest BCUT2D eigenvalue weighted by Crippen LogP contribution is 2.54. The molecule has 0 spiro atoms. The van der Waals surface area contributed by atoms with Gasteiger partial charge in [0.15, 0.2) is 0 Å². The van der Waals surface area contributed by atoms with Crippen LogP contribution in [0.2, 0.25) is 0 Å². The van der Waals surface area contributed by atoms with Gasteiger partial charge in [-0.05, 0) is 72.8 Å². The van der Waals surface area contributed by atoms with Crippen LogP contribution in [0.5, 0.6) is 0 Å². The SMILES string of the molecule is CCC1(c2ccc3c(c2)oc2ccc4c(c5ccccc5n4C)c23)CC2CCC(C2)C1. The summed E-state index contributed by atoms with van der Waals surface area (Å²) in [6.45, 7) is 2.40. The topological polar surface area (TPSA) is 18.1 Å². The highest BCUT2D eigenvalue weighted by atomic mass is 16.3. The Labute approximate surface area is 182 Å². The van der Waals surface area contributed by atoms with Gasteiger partial charge in [-0.1, -0.05) is 50.1 Å². The van der Waals surface area contributed by atoms with Crippen LogP contribution in [0.4, 0.5) is 0 Å². The molecule has 2 heterocycles. The van der Waals surface area contributed by atoms with Crippen LogP contribution in [0.15, 0.2) is 59.0 Å². The fourth-order valence-corrected chi connectivity index (χ4v) is 7.31. The second kappa shape index (κ2) is 6.16. The van der Waals surface area contributed by atoms with Gasteiger partial charge in [-0.3, -0.25) is 0 Å². The van der Waals surface area contributed by atoms with Crippen LogP contribution in [0.25, 0.3) is 43.7 Å². The molecule has 2 fully saturated rings. The standard InChI is InChI=1S/C29H29NO/c1-3-29(16-18-8-9-19(14-18)17-29)20-10-11-22-26(15-20)31-25-13-12-24-27(28(22)25)21-6-4-5-7-23(21)30(24)2/h4-7,10-13,15,18-19H,3,8-9,14,16-17H2,1-2H3. The Hall–Kier alpha value is -2.74. The maximum absolute atomic E-state index is 6.50. The van der Waals surface area contributed by atoms with E-state index in [2.05, 4.69) is 73.1 Å². The van der Waals surface area contributed by atoms with E-state index in [4.69, 9.17) is 4.42 Å². The first-order valence-electron chi connectivity index (χ1n) is 12.0. The largest absolute Gasteiger partial charge is 0.456 e. The van der Waals surface area contributed by atoms with E-state index in [9.17, 15) is 0 Å². The first kappa shape index (κ1) is 17.9. The van der Waals surface area contributed by atoms with Crippen molar-refractivity contribution < 1.29 is 4.42 Å². The first-order valence-corrected chi connectivity index (χ1v) is 12.0. The van der Waals surface area contributed by atoms with Gasteiger partial charge in [-0.25, -0.2) is 0 Å². The second-order valence-corrected chi connectivity index (χ2v) is 10.3. The molecule has 0 aliphatic heterocycles. The van der Waals surface area contributed by atoms with Gasteiger partial charge in [0.1, 0.15) is 11.2 Å². The van der Waals surface area contributed by atoms with Crippen molar-refractivity contribution in [2.75, 3.05) is 0 Å². The molecule has 0 radical (unpaired) electrons. The number of benzene rings is 3. The highest BCUT2D eigenvalue weighted by molar-refractivity contribution is 6.26. The predicted octanol–water partition coefficient (Wildman–Crippen LogP) is 8.09. The molecule has 2 aromatic heterocycles. The molecule has 7 rings (SSSR count). The molecule has 2 aliphatic carbocycles. The van der Waals surface area contributed by atoms with Crippen LogP contribution >= 0.6 is 0 Å². The van der Waals surface area contributed by atoms with Crippen LogP contribution < -0.4 is 0 Å². The van der Waals surface area contributed by atoms with E-state index in [0.29, 0.717) is 5.41 Å². The fourth-order valence-electron chi connectivity index (χ4n) is 7.31. The zero-order valence-corrected chi connectivity index (χ0v) is 18.4. The number of fused-ring (bicyclic) bond motifs is 9. The number of nitrogens with zero attached hydrogens (tertiary/aromatic N) is 1. The minimum atomic E-state index is 0.339. The average Bonchev–Trinajstić information content (AvgIpc) is 3.44. The van der Waals surface area contributed by atoms with E-state index >= 15 is 0 Å². The number of rotatable bonds is 2. The molecule has 2 aliphatic rings. The van der Waals surface area contributed by atoms with Crippen molar-refractivity contribution in [2.24, 2.45) is 18.9 Å². The lowest BCUT2D eigenvalue weighted by Gasteiger charge is -2.41. The Kier molecular flexibility index (Phi) is 3.55. The van der Waals surface area contributed by atoms with Crippen LogP contribution in [0, 0.1) is 11.8 Å². The van der Waals surface area contributed by atoms with Crippen molar-refractivity contribution in [3.8, 4) is 0 Å². The minimum absolute atomic E-state index is 0.339. The van der Waals surface area contributed by atoms with E-state index in [-0.39, 0.29) is 0 Å². The van der Waals surface area contributed by atoms with Gasteiger partial charge in [0.2, 0.25) is 0 Å².